The summed E-state index contributed by atoms with van der Waals surface area (Å²) in [5, 5.41) is 11.9. The molecule has 0 aliphatic heterocycles. The van der Waals surface area contributed by atoms with Gasteiger partial charge in [0.1, 0.15) is 5.82 Å². The summed E-state index contributed by atoms with van der Waals surface area (Å²) in [5.41, 5.74) is -0.0369. The molecule has 94 valence electrons. The van der Waals surface area contributed by atoms with Crippen molar-refractivity contribution in [2.75, 3.05) is 16.8 Å². The van der Waals surface area contributed by atoms with E-state index in [0.29, 0.717) is 5.82 Å². The zero-order chi connectivity index (χ0) is 12.7. The van der Waals surface area contributed by atoms with E-state index >= 15 is 0 Å². The predicted octanol–water partition coefficient (Wildman–Crippen LogP) is 2.12. The van der Waals surface area contributed by atoms with E-state index in [-0.39, 0.29) is 11.7 Å². The van der Waals surface area contributed by atoms with E-state index in [2.05, 4.69) is 22.2 Å². The maximum absolute atomic E-state index is 10.7. The lowest BCUT2D eigenvalue weighted by Crippen LogP contribution is -2.18. The largest absolute Gasteiger partial charge is 0.476 e. The molecule has 1 atom stereocenters. The Kier molecular flexibility index (Phi) is 5.76. The SMILES string of the molecule is CCSCCC(C)Nc1cncc(C(=O)O)n1. The molecule has 1 aromatic heterocycles. The van der Waals surface area contributed by atoms with Crippen LogP contribution in [0.4, 0.5) is 5.82 Å². The molecule has 1 rings (SSSR count). The summed E-state index contributed by atoms with van der Waals surface area (Å²) < 4.78 is 0. The summed E-state index contributed by atoms with van der Waals surface area (Å²) in [7, 11) is 0. The number of anilines is 1. The summed E-state index contributed by atoms with van der Waals surface area (Å²) in [6.07, 6.45) is 3.79. The van der Waals surface area contributed by atoms with E-state index in [4.69, 9.17) is 5.11 Å². The van der Waals surface area contributed by atoms with Crippen LogP contribution in [0.5, 0.6) is 0 Å². The second kappa shape index (κ2) is 7.11. The third-order valence-corrected chi connectivity index (χ3v) is 3.08. The van der Waals surface area contributed by atoms with Gasteiger partial charge in [0.25, 0.3) is 0 Å². The number of thioether (sulfide) groups is 1. The van der Waals surface area contributed by atoms with E-state index in [1.165, 1.54) is 12.4 Å². The third kappa shape index (κ3) is 5.04. The normalized spacial score (nSPS) is 12.1. The molecule has 0 radical (unpaired) electrons. The highest BCUT2D eigenvalue weighted by Gasteiger charge is 2.08. The van der Waals surface area contributed by atoms with E-state index in [1.807, 2.05) is 18.7 Å². The summed E-state index contributed by atoms with van der Waals surface area (Å²) in [6, 6.07) is 0.257. The number of aromatic nitrogens is 2. The van der Waals surface area contributed by atoms with Gasteiger partial charge in [-0.25, -0.2) is 9.78 Å². The van der Waals surface area contributed by atoms with E-state index in [9.17, 15) is 4.79 Å². The number of carboxylic acids is 1. The van der Waals surface area contributed by atoms with Gasteiger partial charge in [0.05, 0.1) is 12.4 Å². The number of aromatic carboxylic acids is 1. The summed E-state index contributed by atoms with van der Waals surface area (Å²) in [5.74, 6) is 1.65. The van der Waals surface area contributed by atoms with Crippen molar-refractivity contribution in [3.05, 3.63) is 18.1 Å². The Morgan fingerprint density at radius 1 is 1.59 bits per heavy atom. The number of nitrogens with one attached hydrogen (secondary N) is 1. The Bertz CT molecular complexity index is 373. The first-order chi connectivity index (χ1) is 8.13. The highest BCUT2D eigenvalue weighted by atomic mass is 32.2. The molecule has 0 fully saturated rings. The molecule has 0 amide bonds. The van der Waals surface area contributed by atoms with Crippen LogP contribution in [0, 0.1) is 0 Å². The molecule has 0 saturated heterocycles. The van der Waals surface area contributed by atoms with Crippen molar-refractivity contribution in [3.8, 4) is 0 Å². The van der Waals surface area contributed by atoms with Gasteiger partial charge in [-0.15, -0.1) is 0 Å². The average molecular weight is 255 g/mol. The van der Waals surface area contributed by atoms with E-state index in [1.54, 1.807) is 0 Å². The number of hydrogen-bond donors (Lipinski definition) is 2. The molecule has 0 aliphatic rings. The third-order valence-electron chi connectivity index (χ3n) is 2.15. The quantitative estimate of drug-likeness (QED) is 0.727. The van der Waals surface area contributed by atoms with Crippen LogP contribution < -0.4 is 5.32 Å². The highest BCUT2D eigenvalue weighted by molar-refractivity contribution is 7.99. The summed E-state index contributed by atoms with van der Waals surface area (Å²) >= 11 is 1.88. The van der Waals surface area contributed by atoms with E-state index < -0.39 is 5.97 Å². The minimum atomic E-state index is -1.06. The lowest BCUT2D eigenvalue weighted by atomic mass is 10.2. The van der Waals surface area contributed by atoms with Crippen LogP contribution in [0.2, 0.25) is 0 Å². The Morgan fingerprint density at radius 3 is 3.00 bits per heavy atom. The smallest absolute Gasteiger partial charge is 0.356 e. The van der Waals surface area contributed by atoms with Crippen molar-refractivity contribution in [1.29, 1.82) is 0 Å². The number of nitrogens with zero attached hydrogens (tertiary/aromatic N) is 2. The average Bonchev–Trinajstić information content (AvgIpc) is 2.29. The molecule has 6 heteroatoms. The molecule has 17 heavy (non-hydrogen) atoms. The van der Waals surface area contributed by atoms with Crippen molar-refractivity contribution in [2.45, 2.75) is 26.3 Å². The zero-order valence-corrected chi connectivity index (χ0v) is 10.8. The molecule has 1 aromatic rings. The van der Waals surface area contributed by atoms with Gasteiger partial charge in [-0.3, -0.25) is 4.98 Å². The van der Waals surface area contributed by atoms with Crippen LogP contribution in [-0.4, -0.2) is 38.6 Å². The van der Waals surface area contributed by atoms with Gasteiger partial charge >= 0.3 is 5.97 Å². The molecule has 0 bridgehead atoms. The van der Waals surface area contributed by atoms with Gasteiger partial charge in [0.15, 0.2) is 5.69 Å². The Morgan fingerprint density at radius 2 is 2.35 bits per heavy atom. The standard InChI is InChI=1S/C11H17N3O2S/c1-3-17-5-4-8(2)13-10-7-12-6-9(14-10)11(15)16/h6-8H,3-5H2,1-2H3,(H,13,14)(H,15,16). The molecule has 0 aromatic carbocycles. The Hall–Kier alpha value is -1.30. The predicted molar refractivity (Wildman–Crippen MR) is 69.7 cm³/mol. The topological polar surface area (TPSA) is 75.1 Å². The molecular weight excluding hydrogens is 238 g/mol. The second-order valence-corrected chi connectivity index (χ2v) is 5.02. The van der Waals surface area contributed by atoms with E-state index in [0.717, 1.165) is 17.9 Å². The van der Waals surface area contributed by atoms with Crippen molar-refractivity contribution in [2.24, 2.45) is 0 Å². The van der Waals surface area contributed by atoms with Crippen molar-refractivity contribution in [3.63, 3.8) is 0 Å². The Labute approximate surface area is 105 Å². The monoisotopic (exact) mass is 255 g/mol. The van der Waals surface area contributed by atoms with Gasteiger partial charge < -0.3 is 10.4 Å². The maximum Gasteiger partial charge on any atom is 0.356 e. The second-order valence-electron chi connectivity index (χ2n) is 3.63. The first-order valence-corrected chi connectivity index (χ1v) is 6.68. The van der Waals surface area contributed by atoms with Gasteiger partial charge in [0, 0.05) is 6.04 Å². The molecule has 1 unspecified atom stereocenters. The fourth-order valence-electron chi connectivity index (χ4n) is 1.27. The van der Waals surface area contributed by atoms with Gasteiger partial charge in [-0.2, -0.15) is 11.8 Å². The number of hydrogen-bond acceptors (Lipinski definition) is 5. The van der Waals surface area contributed by atoms with Crippen molar-refractivity contribution < 1.29 is 9.90 Å². The van der Waals surface area contributed by atoms with Crippen LogP contribution in [0.25, 0.3) is 0 Å². The number of carboxylic acid groups (broad SMARTS) is 1. The molecule has 0 aliphatic carbocycles. The first-order valence-electron chi connectivity index (χ1n) is 5.53. The lowest BCUT2D eigenvalue weighted by Gasteiger charge is -2.13. The Balaban J connectivity index is 2.50. The van der Waals surface area contributed by atoms with Crippen LogP contribution in [0.3, 0.4) is 0 Å². The van der Waals surface area contributed by atoms with Gasteiger partial charge in [0.2, 0.25) is 0 Å². The minimum Gasteiger partial charge on any atom is -0.476 e. The van der Waals surface area contributed by atoms with Gasteiger partial charge in [-0.05, 0) is 24.9 Å². The summed E-state index contributed by atoms with van der Waals surface area (Å²) in [4.78, 5) is 18.5. The fraction of sp³-hybridized carbons (Fsp3) is 0.545. The molecule has 1 heterocycles. The summed E-state index contributed by atoms with van der Waals surface area (Å²) in [6.45, 7) is 4.18. The lowest BCUT2D eigenvalue weighted by molar-refractivity contribution is 0.0690. The van der Waals surface area contributed by atoms with Crippen LogP contribution in [0.15, 0.2) is 12.4 Å². The molecular formula is C11H17N3O2S. The minimum absolute atomic E-state index is 0.0369. The molecule has 2 N–H and O–H groups in total. The zero-order valence-electron chi connectivity index (χ0n) is 10.0. The number of carbonyl (C=O) groups is 1. The van der Waals surface area contributed by atoms with Crippen molar-refractivity contribution >= 4 is 23.5 Å². The molecule has 5 nitrogen and oxygen atoms in total. The van der Waals surface area contributed by atoms with Crippen molar-refractivity contribution in [1.82, 2.24) is 9.97 Å². The molecule has 0 spiro atoms. The van der Waals surface area contributed by atoms with Gasteiger partial charge in [-0.1, -0.05) is 6.92 Å². The fourth-order valence-corrected chi connectivity index (χ4v) is 2.08. The van der Waals surface area contributed by atoms with Crippen LogP contribution in [0.1, 0.15) is 30.8 Å². The first kappa shape index (κ1) is 13.8. The van der Waals surface area contributed by atoms with Crippen LogP contribution >= 0.6 is 11.8 Å². The maximum atomic E-state index is 10.7. The number of rotatable bonds is 7. The molecule has 0 saturated carbocycles. The highest BCUT2D eigenvalue weighted by Crippen LogP contribution is 2.09. The van der Waals surface area contributed by atoms with Crippen LogP contribution in [-0.2, 0) is 0 Å².